The van der Waals surface area contributed by atoms with Crippen molar-refractivity contribution in [3.8, 4) is 0 Å². The fourth-order valence-corrected chi connectivity index (χ4v) is 5.48. The number of fused-ring (bicyclic) bond motifs is 5. The molecule has 0 aromatic carbocycles. The van der Waals surface area contributed by atoms with Crippen molar-refractivity contribution in [2.45, 2.75) is 38.5 Å². The lowest BCUT2D eigenvalue weighted by molar-refractivity contribution is -0.139. The van der Waals surface area contributed by atoms with E-state index in [1.165, 1.54) is 37.8 Å². The number of allylic oxidation sites excluding steroid dienone is 1. The molecule has 0 amide bonds. The molecule has 120 valence electrons. The summed E-state index contributed by atoms with van der Waals surface area (Å²) in [6.45, 7) is 7.55. The fraction of sp³-hybridized carbons (Fsp3) is 0.684. The molecule has 3 rings (SSSR count). The first kappa shape index (κ1) is 15.5. The summed E-state index contributed by atoms with van der Waals surface area (Å²) in [6.07, 6.45) is 9.47. The van der Waals surface area contributed by atoms with E-state index in [0.29, 0.717) is 18.9 Å². The van der Waals surface area contributed by atoms with Gasteiger partial charge in [0.15, 0.2) is 5.78 Å². The number of hydrogen-bond donors (Lipinski definition) is 0. The van der Waals surface area contributed by atoms with Crippen molar-refractivity contribution in [1.29, 1.82) is 0 Å². The lowest BCUT2D eigenvalue weighted by atomic mass is 9.74. The van der Waals surface area contributed by atoms with E-state index >= 15 is 0 Å². The summed E-state index contributed by atoms with van der Waals surface area (Å²) in [4.78, 5) is 22.7. The second-order valence-electron chi connectivity index (χ2n) is 7.36. The number of carbonyl (C=O) groups excluding carboxylic acids is 2. The van der Waals surface area contributed by atoms with E-state index in [4.69, 9.17) is 4.74 Å². The Kier molecular flexibility index (Phi) is 4.51. The lowest BCUT2D eigenvalue weighted by Crippen LogP contribution is -2.24. The summed E-state index contributed by atoms with van der Waals surface area (Å²) in [5, 5.41) is 0. The van der Waals surface area contributed by atoms with Crippen LogP contribution in [0.5, 0.6) is 0 Å². The van der Waals surface area contributed by atoms with Gasteiger partial charge >= 0.3 is 5.97 Å². The first-order chi connectivity index (χ1) is 10.6. The molecule has 0 saturated heterocycles. The zero-order valence-electron chi connectivity index (χ0n) is 13.2. The molecule has 0 aromatic heterocycles. The Morgan fingerprint density at radius 1 is 1.00 bits per heavy atom. The van der Waals surface area contributed by atoms with Crippen LogP contribution in [0.3, 0.4) is 0 Å². The summed E-state index contributed by atoms with van der Waals surface area (Å²) in [6, 6.07) is 0. The molecule has 3 saturated carbocycles. The van der Waals surface area contributed by atoms with E-state index in [-0.39, 0.29) is 11.8 Å². The molecule has 2 bridgehead atoms. The molecule has 0 aliphatic heterocycles. The monoisotopic (exact) mass is 302 g/mol. The van der Waals surface area contributed by atoms with Gasteiger partial charge in [-0.25, -0.2) is 4.79 Å². The molecule has 3 nitrogen and oxygen atoms in total. The van der Waals surface area contributed by atoms with Gasteiger partial charge < -0.3 is 4.74 Å². The number of carbonyl (C=O) groups is 2. The molecule has 3 heteroatoms. The maximum Gasteiger partial charge on any atom is 0.330 e. The van der Waals surface area contributed by atoms with Crippen molar-refractivity contribution in [2.24, 2.45) is 35.5 Å². The normalized spacial score (nSPS) is 38.5. The van der Waals surface area contributed by atoms with Gasteiger partial charge in [0, 0.05) is 12.5 Å². The van der Waals surface area contributed by atoms with Gasteiger partial charge in [0.25, 0.3) is 0 Å². The van der Waals surface area contributed by atoms with E-state index in [1.807, 2.05) is 0 Å². The minimum atomic E-state index is -0.305. The van der Waals surface area contributed by atoms with E-state index in [9.17, 15) is 9.59 Å². The van der Waals surface area contributed by atoms with Crippen LogP contribution in [0.1, 0.15) is 38.5 Å². The van der Waals surface area contributed by atoms with E-state index in [2.05, 4.69) is 13.2 Å². The highest BCUT2D eigenvalue weighted by Crippen LogP contribution is 2.62. The standard InChI is InChI=1S/C19H26O3/c1-3-15(20)6-5-13-9-14-10-17(13)18-8-12(7-16(14)18)11-22-19(21)4-2/h3-4,12-14,16-18H,1-2,5-11H2. The summed E-state index contributed by atoms with van der Waals surface area (Å²) in [5.74, 6) is 4.41. The zero-order valence-corrected chi connectivity index (χ0v) is 13.2. The van der Waals surface area contributed by atoms with Crippen LogP contribution in [-0.2, 0) is 14.3 Å². The lowest BCUT2D eigenvalue weighted by Gasteiger charge is -2.31. The van der Waals surface area contributed by atoms with Crippen molar-refractivity contribution in [3.63, 3.8) is 0 Å². The SMILES string of the molecule is C=CC(=O)CCC1CC2CC1C1CC(COC(=O)C=C)CC21. The number of rotatable bonds is 7. The molecule has 6 unspecified atom stereocenters. The van der Waals surface area contributed by atoms with Crippen LogP contribution in [0.4, 0.5) is 0 Å². The first-order valence-electron chi connectivity index (χ1n) is 8.56. The third-order valence-corrected chi connectivity index (χ3v) is 6.32. The topological polar surface area (TPSA) is 43.4 Å². The Labute approximate surface area is 132 Å². The zero-order chi connectivity index (χ0) is 15.7. The Morgan fingerprint density at radius 3 is 2.50 bits per heavy atom. The van der Waals surface area contributed by atoms with Crippen LogP contribution in [-0.4, -0.2) is 18.4 Å². The van der Waals surface area contributed by atoms with Crippen LogP contribution in [0.2, 0.25) is 0 Å². The third-order valence-electron chi connectivity index (χ3n) is 6.32. The predicted molar refractivity (Wildman–Crippen MR) is 85.0 cm³/mol. The first-order valence-corrected chi connectivity index (χ1v) is 8.56. The number of esters is 1. The summed E-state index contributed by atoms with van der Waals surface area (Å²) < 4.78 is 5.24. The molecule has 0 N–H and O–H groups in total. The minimum Gasteiger partial charge on any atom is -0.462 e. The van der Waals surface area contributed by atoms with Gasteiger partial charge in [-0.15, -0.1) is 0 Å². The Morgan fingerprint density at radius 2 is 1.77 bits per heavy atom. The average molecular weight is 302 g/mol. The smallest absolute Gasteiger partial charge is 0.330 e. The second kappa shape index (κ2) is 6.39. The van der Waals surface area contributed by atoms with E-state index < -0.39 is 0 Å². The van der Waals surface area contributed by atoms with Crippen LogP contribution in [0, 0.1) is 35.5 Å². The maximum atomic E-state index is 11.5. The van der Waals surface area contributed by atoms with Crippen molar-refractivity contribution < 1.29 is 14.3 Å². The summed E-state index contributed by atoms with van der Waals surface area (Å²) in [7, 11) is 0. The Bertz CT molecular complexity index is 481. The van der Waals surface area contributed by atoms with Crippen molar-refractivity contribution in [3.05, 3.63) is 25.3 Å². The van der Waals surface area contributed by atoms with Gasteiger partial charge in [-0.1, -0.05) is 13.2 Å². The quantitative estimate of drug-likeness (QED) is 0.533. The Balaban J connectivity index is 1.51. The maximum absolute atomic E-state index is 11.5. The second-order valence-corrected chi connectivity index (χ2v) is 7.36. The molecule has 3 fully saturated rings. The number of ketones is 1. The highest BCUT2D eigenvalue weighted by molar-refractivity contribution is 5.88. The van der Waals surface area contributed by atoms with Crippen molar-refractivity contribution in [2.75, 3.05) is 6.61 Å². The van der Waals surface area contributed by atoms with Gasteiger partial charge in [0.05, 0.1) is 6.61 Å². The highest BCUT2D eigenvalue weighted by atomic mass is 16.5. The van der Waals surface area contributed by atoms with Crippen LogP contribution >= 0.6 is 0 Å². The number of hydrogen-bond acceptors (Lipinski definition) is 3. The van der Waals surface area contributed by atoms with Crippen molar-refractivity contribution in [1.82, 2.24) is 0 Å². The molecular formula is C19H26O3. The number of ether oxygens (including phenoxy) is 1. The predicted octanol–water partition coefficient (Wildman–Crippen LogP) is 3.55. The third kappa shape index (κ3) is 2.90. The molecule has 3 aliphatic rings. The van der Waals surface area contributed by atoms with Gasteiger partial charge in [0.1, 0.15) is 0 Å². The minimum absolute atomic E-state index is 0.181. The molecule has 6 atom stereocenters. The summed E-state index contributed by atoms with van der Waals surface area (Å²) in [5.41, 5.74) is 0. The van der Waals surface area contributed by atoms with Gasteiger partial charge in [-0.05, 0) is 73.7 Å². The molecule has 0 radical (unpaired) electrons. The molecule has 22 heavy (non-hydrogen) atoms. The van der Waals surface area contributed by atoms with Crippen molar-refractivity contribution >= 4 is 11.8 Å². The van der Waals surface area contributed by atoms with E-state index in [0.717, 1.165) is 36.0 Å². The molecular weight excluding hydrogens is 276 g/mol. The van der Waals surface area contributed by atoms with Crippen LogP contribution in [0.15, 0.2) is 25.3 Å². The molecule has 0 spiro atoms. The van der Waals surface area contributed by atoms with Crippen LogP contribution < -0.4 is 0 Å². The highest BCUT2D eigenvalue weighted by Gasteiger charge is 2.55. The largest absolute Gasteiger partial charge is 0.462 e. The van der Waals surface area contributed by atoms with Gasteiger partial charge in [0.2, 0.25) is 0 Å². The van der Waals surface area contributed by atoms with Gasteiger partial charge in [-0.3, -0.25) is 4.79 Å². The molecule has 0 aromatic rings. The summed E-state index contributed by atoms with van der Waals surface area (Å²) >= 11 is 0. The fourth-order valence-electron chi connectivity index (χ4n) is 5.48. The molecule has 0 heterocycles. The Hall–Kier alpha value is -1.38. The van der Waals surface area contributed by atoms with E-state index in [1.54, 1.807) is 0 Å². The van der Waals surface area contributed by atoms with Gasteiger partial charge in [-0.2, -0.15) is 0 Å². The van der Waals surface area contributed by atoms with Crippen LogP contribution in [0.25, 0.3) is 0 Å². The average Bonchev–Trinajstić information content (AvgIpc) is 3.20. The molecule has 3 aliphatic carbocycles.